The second-order valence-corrected chi connectivity index (χ2v) is 13.3. The van der Waals surface area contributed by atoms with Gasteiger partial charge in [-0.25, -0.2) is 0 Å². The van der Waals surface area contributed by atoms with E-state index in [2.05, 4.69) is 205 Å². The van der Waals surface area contributed by atoms with Crippen LogP contribution in [0.1, 0.15) is 31.1 Å². The number of benzene rings is 8. The van der Waals surface area contributed by atoms with E-state index in [9.17, 15) is 0 Å². The highest BCUT2D eigenvalue weighted by atomic mass is 16.5. The van der Waals surface area contributed by atoms with Crippen LogP contribution in [-0.4, -0.2) is 0 Å². The van der Waals surface area contributed by atoms with Gasteiger partial charge >= 0.3 is 0 Å². The fourth-order valence-electron chi connectivity index (χ4n) is 8.37. The third-order valence-corrected chi connectivity index (χ3v) is 10.5. The Morgan fingerprint density at radius 1 is 0.365 bits per heavy atom. The van der Waals surface area contributed by atoms with E-state index in [1.165, 1.54) is 44.5 Å². The number of rotatable bonds is 5. The first-order valence-electron chi connectivity index (χ1n) is 17.5. The third-order valence-electron chi connectivity index (χ3n) is 10.5. The van der Waals surface area contributed by atoms with Gasteiger partial charge in [0.1, 0.15) is 11.5 Å². The van der Waals surface area contributed by atoms with Crippen LogP contribution < -0.4 is 9.64 Å². The first-order valence-corrected chi connectivity index (χ1v) is 17.5. The second-order valence-electron chi connectivity index (χ2n) is 13.3. The molecule has 0 amide bonds. The van der Waals surface area contributed by atoms with Crippen LogP contribution in [-0.2, 0) is 5.41 Å². The second kappa shape index (κ2) is 12.6. The van der Waals surface area contributed by atoms with Crippen molar-refractivity contribution in [3.8, 4) is 44.9 Å². The van der Waals surface area contributed by atoms with Crippen molar-refractivity contribution in [3.63, 3.8) is 0 Å². The highest BCUT2D eigenvalue weighted by Crippen LogP contribution is 2.64. The van der Waals surface area contributed by atoms with Gasteiger partial charge in [-0.2, -0.15) is 0 Å². The molecule has 250 valence electrons. The van der Waals surface area contributed by atoms with E-state index in [0.29, 0.717) is 0 Å². The maximum absolute atomic E-state index is 6.66. The van der Waals surface area contributed by atoms with E-state index in [1.807, 2.05) is 0 Å². The van der Waals surface area contributed by atoms with Crippen LogP contribution in [0.25, 0.3) is 33.4 Å². The summed E-state index contributed by atoms with van der Waals surface area (Å²) >= 11 is 0. The van der Waals surface area contributed by atoms with Gasteiger partial charge in [0.2, 0.25) is 0 Å². The zero-order valence-corrected chi connectivity index (χ0v) is 27.9. The molecule has 10 rings (SSSR count). The minimum absolute atomic E-state index is 0. The molecule has 0 bridgehead atoms. The number of para-hydroxylation sites is 2. The Morgan fingerprint density at radius 3 is 1.33 bits per heavy atom. The molecular weight excluding hydrogens is 631 g/mol. The molecule has 2 aliphatic rings. The first kappa shape index (κ1) is 31.3. The average Bonchev–Trinajstić information content (AvgIpc) is 3.51. The smallest absolute Gasteiger partial charge is 0.132 e. The highest BCUT2D eigenvalue weighted by Gasteiger charge is 2.52. The molecule has 2 heteroatoms. The molecule has 1 heterocycles. The monoisotopic (exact) mass is 669 g/mol. The lowest BCUT2D eigenvalue weighted by atomic mass is 9.65. The Hall–Kier alpha value is -6.64. The number of hydrogen-bond acceptors (Lipinski definition) is 2. The predicted molar refractivity (Wildman–Crippen MR) is 218 cm³/mol. The van der Waals surface area contributed by atoms with Crippen molar-refractivity contribution in [2.75, 3.05) is 4.90 Å². The molecule has 0 N–H and O–H groups in total. The summed E-state index contributed by atoms with van der Waals surface area (Å²) in [6, 6.07) is 72.0. The number of hydrogen-bond donors (Lipinski definition) is 0. The Kier molecular flexibility index (Phi) is 7.60. The van der Waals surface area contributed by atoms with Crippen LogP contribution in [0.4, 0.5) is 17.1 Å². The number of anilines is 3. The zero-order valence-electron chi connectivity index (χ0n) is 27.9. The van der Waals surface area contributed by atoms with E-state index in [0.717, 1.165) is 39.7 Å². The maximum Gasteiger partial charge on any atom is 0.132 e. The zero-order chi connectivity index (χ0) is 33.8. The van der Waals surface area contributed by atoms with Gasteiger partial charge in [0, 0.05) is 29.5 Å². The summed E-state index contributed by atoms with van der Waals surface area (Å²) in [6.07, 6.45) is 0. The van der Waals surface area contributed by atoms with Crippen molar-refractivity contribution in [1.82, 2.24) is 0 Å². The summed E-state index contributed by atoms with van der Waals surface area (Å²) in [5.41, 5.74) is 14.8. The molecule has 0 aromatic heterocycles. The van der Waals surface area contributed by atoms with Gasteiger partial charge in [-0.3, -0.25) is 0 Å². The van der Waals surface area contributed by atoms with Crippen LogP contribution in [0.3, 0.4) is 0 Å². The van der Waals surface area contributed by atoms with Gasteiger partial charge in [0.05, 0.1) is 11.1 Å². The minimum Gasteiger partial charge on any atom is -0.457 e. The van der Waals surface area contributed by atoms with Gasteiger partial charge in [-0.05, 0) is 81.4 Å². The maximum atomic E-state index is 6.66. The van der Waals surface area contributed by atoms with Crippen LogP contribution in [0.2, 0.25) is 0 Å². The number of ether oxygens (including phenoxy) is 1. The highest BCUT2D eigenvalue weighted by molar-refractivity contribution is 5.96. The molecule has 0 saturated heterocycles. The molecule has 0 saturated carbocycles. The van der Waals surface area contributed by atoms with Gasteiger partial charge in [-0.1, -0.05) is 165 Å². The lowest BCUT2D eigenvalue weighted by molar-refractivity contribution is 0.436. The molecule has 1 spiro atoms. The molecule has 0 atom stereocenters. The summed E-state index contributed by atoms with van der Waals surface area (Å²) in [4.78, 5) is 2.44. The molecular formula is C50H39NO. The van der Waals surface area contributed by atoms with Gasteiger partial charge < -0.3 is 9.64 Å². The number of fused-ring (bicyclic) bond motifs is 9. The molecule has 0 radical (unpaired) electrons. The SMILES string of the molecule is C.[HH].c1ccc(-c2ccc(N(c3ccc(-c4ccccc4)cc3)c3cccc4c3C3(c5ccccc5Oc5ccccc53)c3ccccc3-4)cc2)cc1. The van der Waals surface area contributed by atoms with Crippen molar-refractivity contribution >= 4 is 17.1 Å². The molecule has 2 nitrogen and oxygen atoms in total. The summed E-state index contributed by atoms with van der Waals surface area (Å²) < 4.78 is 6.66. The molecule has 8 aromatic rings. The first-order chi connectivity index (χ1) is 25.3. The Balaban J connectivity index is 0.00000200. The van der Waals surface area contributed by atoms with Crippen molar-refractivity contribution in [1.29, 1.82) is 0 Å². The topological polar surface area (TPSA) is 12.5 Å². The minimum atomic E-state index is -0.597. The fourth-order valence-corrected chi connectivity index (χ4v) is 8.37. The summed E-state index contributed by atoms with van der Waals surface area (Å²) in [6.45, 7) is 0. The van der Waals surface area contributed by atoms with Crippen molar-refractivity contribution in [2.45, 2.75) is 12.8 Å². The lowest BCUT2D eigenvalue weighted by Crippen LogP contribution is -2.33. The predicted octanol–water partition coefficient (Wildman–Crippen LogP) is 13.8. The average molecular weight is 670 g/mol. The molecule has 8 aromatic carbocycles. The largest absolute Gasteiger partial charge is 0.457 e. The molecule has 0 fully saturated rings. The van der Waals surface area contributed by atoms with Crippen molar-refractivity contribution in [3.05, 3.63) is 222 Å². The standard InChI is InChI=1S/C49H33NO.CH4.H2/c1-3-14-34(15-4-1)36-26-30-38(31-27-36)50(39-32-28-37(29-33-39)35-16-5-2-6-17-35)45-23-13-19-41-40-18-7-8-20-42(40)49(48(41)45)43-21-9-11-24-46(43)51-47-25-12-10-22-44(47)49;;/h1-33H;1H4;1H. The van der Waals surface area contributed by atoms with Crippen molar-refractivity contribution < 1.29 is 6.16 Å². The van der Waals surface area contributed by atoms with E-state index < -0.39 is 5.41 Å². The Bertz CT molecular complexity index is 2420. The van der Waals surface area contributed by atoms with E-state index >= 15 is 0 Å². The molecule has 1 aliphatic carbocycles. The lowest BCUT2D eigenvalue weighted by Gasteiger charge is -2.41. The third kappa shape index (κ3) is 4.72. The van der Waals surface area contributed by atoms with Crippen LogP contribution in [0.5, 0.6) is 11.5 Å². The van der Waals surface area contributed by atoms with Crippen molar-refractivity contribution in [2.24, 2.45) is 0 Å². The van der Waals surface area contributed by atoms with Gasteiger partial charge in [0.25, 0.3) is 0 Å². The normalized spacial score (nSPS) is 12.8. The quantitative estimate of drug-likeness (QED) is 0.181. The molecule has 52 heavy (non-hydrogen) atoms. The van der Waals surface area contributed by atoms with Crippen LogP contribution in [0, 0.1) is 0 Å². The molecule has 1 aliphatic heterocycles. The van der Waals surface area contributed by atoms with E-state index in [1.54, 1.807) is 0 Å². The molecule has 0 unspecified atom stereocenters. The van der Waals surface area contributed by atoms with Gasteiger partial charge in [0.15, 0.2) is 0 Å². The van der Waals surface area contributed by atoms with Crippen LogP contribution >= 0.6 is 0 Å². The number of nitrogens with zero attached hydrogens (tertiary/aromatic N) is 1. The summed E-state index contributed by atoms with van der Waals surface area (Å²) in [5.74, 6) is 1.78. The van der Waals surface area contributed by atoms with Gasteiger partial charge in [-0.15, -0.1) is 0 Å². The Morgan fingerprint density at radius 2 is 0.788 bits per heavy atom. The summed E-state index contributed by atoms with van der Waals surface area (Å²) in [5, 5.41) is 0. The Labute approximate surface area is 307 Å². The fraction of sp³-hybridized carbons (Fsp3) is 0.0400. The van der Waals surface area contributed by atoms with E-state index in [4.69, 9.17) is 4.74 Å². The summed E-state index contributed by atoms with van der Waals surface area (Å²) in [7, 11) is 0. The van der Waals surface area contributed by atoms with E-state index in [-0.39, 0.29) is 8.85 Å². The van der Waals surface area contributed by atoms with Crippen LogP contribution in [0.15, 0.2) is 200 Å².